The minimum absolute atomic E-state index is 0.0186. The highest BCUT2D eigenvalue weighted by Gasteiger charge is 2.27. The molecule has 0 aromatic heterocycles. The Morgan fingerprint density at radius 2 is 1.62 bits per heavy atom. The summed E-state index contributed by atoms with van der Waals surface area (Å²) in [5, 5.41) is 2.87. The quantitative estimate of drug-likeness (QED) is 0.462. The van der Waals surface area contributed by atoms with Gasteiger partial charge in [0, 0.05) is 11.4 Å². The van der Waals surface area contributed by atoms with E-state index in [9.17, 15) is 17.6 Å². The summed E-state index contributed by atoms with van der Waals surface area (Å²) < 4.78 is 40.9. The number of nitrogens with one attached hydrogen (secondary N) is 1. The maximum absolute atomic E-state index is 13.3. The Labute approximate surface area is 192 Å². The summed E-state index contributed by atoms with van der Waals surface area (Å²) in [7, 11) is -4.02. The van der Waals surface area contributed by atoms with Gasteiger partial charge in [-0.25, -0.2) is 12.8 Å². The van der Waals surface area contributed by atoms with Gasteiger partial charge in [-0.05, 0) is 60.7 Å². The van der Waals surface area contributed by atoms with Crippen molar-refractivity contribution in [3.63, 3.8) is 0 Å². The van der Waals surface area contributed by atoms with E-state index in [2.05, 4.69) is 5.32 Å². The lowest BCUT2D eigenvalue weighted by molar-refractivity contribution is -0.122. The van der Waals surface area contributed by atoms with Crippen LogP contribution in [-0.4, -0.2) is 31.4 Å². The average molecular weight is 473 g/mol. The zero-order valence-electron chi connectivity index (χ0n) is 17.9. The van der Waals surface area contributed by atoms with E-state index < -0.39 is 21.7 Å². The molecule has 0 heterocycles. The molecule has 0 spiro atoms. The number of sulfonamides is 1. The number of benzene rings is 3. The van der Waals surface area contributed by atoms with Crippen molar-refractivity contribution in [3.8, 4) is 0 Å². The molecule has 32 heavy (non-hydrogen) atoms. The van der Waals surface area contributed by atoms with E-state index in [1.807, 2.05) is 43.5 Å². The van der Waals surface area contributed by atoms with Gasteiger partial charge >= 0.3 is 0 Å². The van der Waals surface area contributed by atoms with Gasteiger partial charge in [0.25, 0.3) is 0 Å². The molecule has 0 bridgehead atoms. The Morgan fingerprint density at radius 3 is 2.22 bits per heavy atom. The molecular weight excluding hydrogens is 447 g/mol. The SMILES string of the molecule is CSc1ccc([C@H](C)NC(=O)CN(Cc2ccccc2)S(=O)(=O)c2ccc(F)cc2)cc1. The minimum atomic E-state index is -4.02. The van der Waals surface area contributed by atoms with Gasteiger partial charge < -0.3 is 5.32 Å². The summed E-state index contributed by atoms with van der Waals surface area (Å²) in [6.07, 6.45) is 1.99. The molecule has 0 aliphatic heterocycles. The molecule has 0 unspecified atom stereocenters. The lowest BCUT2D eigenvalue weighted by Crippen LogP contribution is -2.41. The Bertz CT molecular complexity index is 1140. The number of carbonyl (C=O) groups excluding carboxylic acids is 1. The molecule has 0 radical (unpaired) electrons. The molecule has 1 atom stereocenters. The lowest BCUT2D eigenvalue weighted by Gasteiger charge is -2.23. The van der Waals surface area contributed by atoms with Gasteiger partial charge in [-0.3, -0.25) is 4.79 Å². The summed E-state index contributed by atoms with van der Waals surface area (Å²) in [6.45, 7) is 1.51. The number of nitrogens with zero attached hydrogens (tertiary/aromatic N) is 1. The summed E-state index contributed by atoms with van der Waals surface area (Å²) in [5.41, 5.74) is 1.67. The number of amides is 1. The second-order valence-corrected chi connectivity index (χ2v) is 10.1. The van der Waals surface area contributed by atoms with Crippen LogP contribution in [0.5, 0.6) is 0 Å². The predicted octanol–water partition coefficient (Wildman–Crippen LogP) is 4.62. The Kier molecular flexibility index (Phi) is 8.06. The molecule has 3 aromatic rings. The van der Waals surface area contributed by atoms with Gasteiger partial charge in [-0.1, -0.05) is 42.5 Å². The molecule has 0 saturated heterocycles. The topological polar surface area (TPSA) is 66.5 Å². The van der Waals surface area contributed by atoms with Crippen LogP contribution >= 0.6 is 11.8 Å². The van der Waals surface area contributed by atoms with Crippen LogP contribution in [0.3, 0.4) is 0 Å². The Morgan fingerprint density at radius 1 is 1.00 bits per heavy atom. The van der Waals surface area contributed by atoms with Gasteiger partial charge in [0.15, 0.2) is 0 Å². The van der Waals surface area contributed by atoms with Gasteiger partial charge in [0.2, 0.25) is 15.9 Å². The van der Waals surface area contributed by atoms with Gasteiger partial charge in [-0.2, -0.15) is 4.31 Å². The van der Waals surface area contributed by atoms with Crippen molar-refractivity contribution >= 4 is 27.7 Å². The first-order valence-electron chi connectivity index (χ1n) is 10.0. The standard InChI is InChI=1S/C24H25FN2O3S2/c1-18(20-8-12-22(31-2)13-9-20)26-24(28)17-27(16-19-6-4-3-5-7-19)32(29,30)23-14-10-21(25)11-15-23/h3-15,18H,16-17H2,1-2H3,(H,26,28)/t18-/m0/s1. The van der Waals surface area contributed by atoms with E-state index in [0.717, 1.165) is 32.5 Å². The number of thioether (sulfide) groups is 1. The van der Waals surface area contributed by atoms with E-state index >= 15 is 0 Å². The van der Waals surface area contributed by atoms with Crippen molar-refractivity contribution in [3.05, 3.63) is 95.8 Å². The van der Waals surface area contributed by atoms with Crippen LogP contribution in [0.25, 0.3) is 0 Å². The van der Waals surface area contributed by atoms with Crippen molar-refractivity contribution < 1.29 is 17.6 Å². The second kappa shape index (κ2) is 10.8. The summed E-state index contributed by atoms with van der Waals surface area (Å²) >= 11 is 1.63. The molecular formula is C24H25FN2O3S2. The lowest BCUT2D eigenvalue weighted by atomic mass is 10.1. The van der Waals surface area contributed by atoms with Crippen molar-refractivity contribution in [2.24, 2.45) is 0 Å². The fourth-order valence-corrected chi connectivity index (χ4v) is 4.98. The molecule has 5 nitrogen and oxygen atoms in total. The van der Waals surface area contributed by atoms with Gasteiger partial charge in [0.05, 0.1) is 17.5 Å². The Hall–Kier alpha value is -2.68. The van der Waals surface area contributed by atoms with E-state index in [1.165, 1.54) is 12.1 Å². The third-order valence-electron chi connectivity index (χ3n) is 4.97. The first kappa shape index (κ1) is 24.0. The normalized spacial score (nSPS) is 12.5. The molecule has 1 amide bonds. The maximum Gasteiger partial charge on any atom is 0.243 e. The van der Waals surface area contributed by atoms with Crippen LogP contribution in [0.2, 0.25) is 0 Å². The fraction of sp³-hybridized carbons (Fsp3) is 0.208. The maximum atomic E-state index is 13.3. The van der Waals surface area contributed by atoms with Crippen molar-refractivity contribution in [2.75, 3.05) is 12.8 Å². The zero-order valence-corrected chi connectivity index (χ0v) is 19.5. The van der Waals surface area contributed by atoms with E-state index in [1.54, 1.807) is 36.0 Å². The monoisotopic (exact) mass is 472 g/mol. The number of hydrogen-bond acceptors (Lipinski definition) is 4. The third-order valence-corrected chi connectivity index (χ3v) is 7.52. The van der Waals surface area contributed by atoms with E-state index in [4.69, 9.17) is 0 Å². The van der Waals surface area contributed by atoms with Crippen LogP contribution in [0.15, 0.2) is 88.7 Å². The van der Waals surface area contributed by atoms with E-state index in [-0.39, 0.29) is 24.0 Å². The van der Waals surface area contributed by atoms with Gasteiger partial charge in [0.1, 0.15) is 5.82 Å². The molecule has 0 saturated carbocycles. The molecule has 0 fully saturated rings. The summed E-state index contributed by atoms with van der Waals surface area (Å²) in [6, 6.07) is 21.2. The smallest absolute Gasteiger partial charge is 0.243 e. The highest BCUT2D eigenvalue weighted by atomic mass is 32.2. The van der Waals surface area contributed by atoms with E-state index in [0.29, 0.717) is 0 Å². The van der Waals surface area contributed by atoms with Crippen LogP contribution in [0, 0.1) is 5.82 Å². The number of halogens is 1. The molecule has 0 aliphatic rings. The minimum Gasteiger partial charge on any atom is -0.348 e. The molecule has 1 N–H and O–H groups in total. The molecule has 0 aliphatic carbocycles. The average Bonchev–Trinajstić information content (AvgIpc) is 2.79. The van der Waals surface area contributed by atoms with Crippen LogP contribution in [0.1, 0.15) is 24.1 Å². The molecule has 8 heteroatoms. The zero-order chi connectivity index (χ0) is 23.1. The molecule has 3 rings (SSSR count). The third kappa shape index (κ3) is 6.18. The highest BCUT2D eigenvalue weighted by molar-refractivity contribution is 7.98. The van der Waals surface area contributed by atoms with Crippen molar-refractivity contribution in [1.82, 2.24) is 9.62 Å². The second-order valence-electron chi connectivity index (χ2n) is 7.27. The Balaban J connectivity index is 1.79. The largest absolute Gasteiger partial charge is 0.348 e. The van der Waals surface area contributed by atoms with Crippen molar-refractivity contribution in [1.29, 1.82) is 0 Å². The predicted molar refractivity (Wildman–Crippen MR) is 125 cm³/mol. The highest BCUT2D eigenvalue weighted by Crippen LogP contribution is 2.21. The molecule has 3 aromatic carbocycles. The van der Waals surface area contributed by atoms with Crippen molar-refractivity contribution in [2.45, 2.75) is 29.3 Å². The van der Waals surface area contributed by atoms with Crippen LogP contribution < -0.4 is 5.32 Å². The number of hydrogen-bond donors (Lipinski definition) is 1. The van der Waals surface area contributed by atoms with Gasteiger partial charge in [-0.15, -0.1) is 11.8 Å². The fourth-order valence-electron chi connectivity index (χ4n) is 3.19. The van der Waals surface area contributed by atoms with Crippen LogP contribution in [-0.2, 0) is 21.4 Å². The first-order valence-corrected chi connectivity index (χ1v) is 12.7. The summed E-state index contributed by atoms with van der Waals surface area (Å²) in [5.74, 6) is -0.953. The number of carbonyl (C=O) groups is 1. The first-order chi connectivity index (χ1) is 15.3. The van der Waals surface area contributed by atoms with Crippen LogP contribution in [0.4, 0.5) is 4.39 Å². The molecule has 168 valence electrons. The summed E-state index contributed by atoms with van der Waals surface area (Å²) in [4.78, 5) is 13.9. The number of rotatable bonds is 9.